The zero-order valence-corrected chi connectivity index (χ0v) is 5.81. The molecule has 6 heteroatoms. The molecule has 0 bridgehead atoms. The highest BCUT2D eigenvalue weighted by molar-refractivity contribution is 5.67. The van der Waals surface area contributed by atoms with E-state index < -0.39 is 11.6 Å². The number of aromatic amines is 1. The summed E-state index contributed by atoms with van der Waals surface area (Å²) in [4.78, 5) is 23.9. The average molecular weight is 163 g/mol. The number of nitrogens with zero attached hydrogens (tertiary/aromatic N) is 3. The lowest BCUT2D eigenvalue weighted by molar-refractivity contribution is -0.281. The highest BCUT2D eigenvalue weighted by Crippen LogP contribution is 1.98. The Balaban J connectivity index is 2.99. The number of hydrogen-bond donors (Lipinski definition) is 1. The molecule has 2 aromatic rings. The van der Waals surface area contributed by atoms with Crippen molar-refractivity contribution in [3.8, 4) is 6.01 Å². The SMILES string of the molecule is O=c1[nH]c([O-])nc2nccnc12. The molecule has 1 N–H and O–H groups in total. The number of fused-ring (bicyclic) bond motifs is 1. The summed E-state index contributed by atoms with van der Waals surface area (Å²) >= 11 is 0. The first-order valence-electron chi connectivity index (χ1n) is 3.15. The number of H-pyrrole nitrogens is 1. The van der Waals surface area contributed by atoms with E-state index >= 15 is 0 Å². The molecular formula is C6H3N4O2-. The molecule has 0 aliphatic heterocycles. The fourth-order valence-corrected chi connectivity index (χ4v) is 0.853. The van der Waals surface area contributed by atoms with E-state index in [4.69, 9.17) is 0 Å². The van der Waals surface area contributed by atoms with Crippen molar-refractivity contribution in [3.63, 3.8) is 0 Å². The molecule has 0 amide bonds. The highest BCUT2D eigenvalue weighted by atomic mass is 16.3. The fraction of sp³-hybridized carbons (Fsp3) is 0. The second kappa shape index (κ2) is 2.26. The third kappa shape index (κ3) is 0.895. The van der Waals surface area contributed by atoms with Crippen LogP contribution in [0.1, 0.15) is 0 Å². The molecule has 2 heterocycles. The topological polar surface area (TPSA) is 94.6 Å². The lowest BCUT2D eigenvalue weighted by atomic mass is 10.5. The summed E-state index contributed by atoms with van der Waals surface area (Å²) < 4.78 is 0. The van der Waals surface area contributed by atoms with Crippen molar-refractivity contribution in [1.29, 1.82) is 0 Å². The molecule has 0 aliphatic rings. The number of nitrogens with one attached hydrogen (secondary N) is 1. The zero-order valence-electron chi connectivity index (χ0n) is 5.81. The van der Waals surface area contributed by atoms with Gasteiger partial charge in [0, 0.05) is 12.4 Å². The second-order valence-corrected chi connectivity index (χ2v) is 2.10. The van der Waals surface area contributed by atoms with E-state index in [1.807, 2.05) is 4.98 Å². The van der Waals surface area contributed by atoms with Gasteiger partial charge in [-0.15, -0.1) is 0 Å². The van der Waals surface area contributed by atoms with Crippen LogP contribution in [0.4, 0.5) is 0 Å². The van der Waals surface area contributed by atoms with Gasteiger partial charge in [0.1, 0.15) is 0 Å². The van der Waals surface area contributed by atoms with Crippen molar-refractivity contribution in [3.05, 3.63) is 22.7 Å². The van der Waals surface area contributed by atoms with Crippen molar-refractivity contribution >= 4 is 11.2 Å². The van der Waals surface area contributed by atoms with Gasteiger partial charge in [0.05, 0.1) is 6.01 Å². The molecule has 60 valence electrons. The second-order valence-electron chi connectivity index (χ2n) is 2.10. The Morgan fingerprint density at radius 2 is 2.08 bits per heavy atom. The van der Waals surface area contributed by atoms with Gasteiger partial charge in [-0.2, -0.15) is 0 Å². The monoisotopic (exact) mass is 163 g/mol. The van der Waals surface area contributed by atoms with Crippen molar-refractivity contribution in [2.24, 2.45) is 0 Å². The first-order chi connectivity index (χ1) is 5.77. The van der Waals surface area contributed by atoms with Gasteiger partial charge in [0.25, 0.3) is 5.56 Å². The van der Waals surface area contributed by atoms with Gasteiger partial charge in [-0.1, -0.05) is 0 Å². The molecule has 0 aliphatic carbocycles. The van der Waals surface area contributed by atoms with Crippen LogP contribution in [0.2, 0.25) is 0 Å². The summed E-state index contributed by atoms with van der Waals surface area (Å²) in [7, 11) is 0. The van der Waals surface area contributed by atoms with Gasteiger partial charge < -0.3 is 10.1 Å². The van der Waals surface area contributed by atoms with E-state index in [1.54, 1.807) is 0 Å². The Morgan fingerprint density at radius 1 is 1.33 bits per heavy atom. The quantitative estimate of drug-likeness (QED) is 0.525. The van der Waals surface area contributed by atoms with Crippen LogP contribution in [0, 0.1) is 0 Å². The molecule has 6 nitrogen and oxygen atoms in total. The summed E-state index contributed by atoms with van der Waals surface area (Å²) in [6.45, 7) is 0. The van der Waals surface area contributed by atoms with Crippen LogP contribution in [0.15, 0.2) is 17.2 Å². The van der Waals surface area contributed by atoms with Gasteiger partial charge in [-0.25, -0.2) is 15.0 Å². The summed E-state index contributed by atoms with van der Waals surface area (Å²) in [6, 6.07) is -0.701. The molecule has 12 heavy (non-hydrogen) atoms. The van der Waals surface area contributed by atoms with Crippen LogP contribution in [0.5, 0.6) is 6.01 Å². The summed E-state index contributed by atoms with van der Waals surface area (Å²) in [5.74, 6) is 0. The maximum Gasteiger partial charge on any atom is 0.278 e. The van der Waals surface area contributed by atoms with E-state index in [0.29, 0.717) is 0 Å². The predicted molar refractivity (Wildman–Crippen MR) is 37.4 cm³/mol. The normalized spacial score (nSPS) is 10.3. The van der Waals surface area contributed by atoms with Crippen molar-refractivity contribution in [2.45, 2.75) is 0 Å². The Kier molecular flexibility index (Phi) is 1.26. The van der Waals surface area contributed by atoms with Gasteiger partial charge in [0.15, 0.2) is 11.2 Å². The third-order valence-corrected chi connectivity index (χ3v) is 1.32. The van der Waals surface area contributed by atoms with E-state index in [2.05, 4.69) is 15.0 Å². The Bertz CT molecular complexity index is 478. The third-order valence-electron chi connectivity index (χ3n) is 1.32. The van der Waals surface area contributed by atoms with E-state index in [0.717, 1.165) is 0 Å². The van der Waals surface area contributed by atoms with Gasteiger partial charge >= 0.3 is 0 Å². The fourth-order valence-electron chi connectivity index (χ4n) is 0.853. The van der Waals surface area contributed by atoms with Crippen LogP contribution in [-0.4, -0.2) is 19.9 Å². The minimum absolute atomic E-state index is 0.0752. The Hall–Kier alpha value is -1.98. The van der Waals surface area contributed by atoms with Gasteiger partial charge in [-0.05, 0) is 0 Å². The largest absolute Gasteiger partial charge is 0.846 e. The molecule has 0 saturated carbocycles. The first-order valence-corrected chi connectivity index (χ1v) is 3.15. The number of hydrogen-bond acceptors (Lipinski definition) is 5. The summed E-state index contributed by atoms with van der Waals surface area (Å²) in [5.41, 5.74) is -0.401. The van der Waals surface area contributed by atoms with Crippen molar-refractivity contribution in [1.82, 2.24) is 19.9 Å². The summed E-state index contributed by atoms with van der Waals surface area (Å²) in [5, 5.41) is 10.7. The molecule has 0 saturated heterocycles. The molecular weight excluding hydrogens is 160 g/mol. The molecule has 2 aromatic heterocycles. The van der Waals surface area contributed by atoms with Crippen LogP contribution in [-0.2, 0) is 0 Å². The van der Waals surface area contributed by atoms with Gasteiger partial charge in [0.2, 0.25) is 0 Å². The lowest BCUT2D eigenvalue weighted by Crippen LogP contribution is -2.13. The first kappa shape index (κ1) is 6.71. The van der Waals surface area contributed by atoms with Crippen LogP contribution in [0.3, 0.4) is 0 Å². The Morgan fingerprint density at radius 3 is 2.92 bits per heavy atom. The molecule has 0 unspecified atom stereocenters. The van der Waals surface area contributed by atoms with Crippen LogP contribution >= 0.6 is 0 Å². The van der Waals surface area contributed by atoms with Crippen molar-refractivity contribution < 1.29 is 5.11 Å². The molecule has 0 aromatic carbocycles. The minimum Gasteiger partial charge on any atom is -0.846 e. The molecule has 0 atom stereocenters. The van der Waals surface area contributed by atoms with E-state index in [1.165, 1.54) is 12.4 Å². The predicted octanol–water partition coefficient (Wildman–Crippen LogP) is -1.21. The molecule has 2 rings (SSSR count). The highest BCUT2D eigenvalue weighted by Gasteiger charge is 1.99. The summed E-state index contributed by atoms with van der Waals surface area (Å²) in [6.07, 6.45) is 2.73. The van der Waals surface area contributed by atoms with Crippen molar-refractivity contribution in [2.75, 3.05) is 0 Å². The Labute approximate surface area is 65.9 Å². The minimum atomic E-state index is -0.701. The average Bonchev–Trinajstić information content (AvgIpc) is 2.04. The zero-order chi connectivity index (χ0) is 8.55. The lowest BCUT2D eigenvalue weighted by Gasteiger charge is -2.02. The molecule has 0 spiro atoms. The van der Waals surface area contributed by atoms with Gasteiger partial charge in [-0.3, -0.25) is 4.79 Å². The van der Waals surface area contributed by atoms with E-state index in [9.17, 15) is 9.90 Å². The number of rotatable bonds is 0. The molecule has 0 fully saturated rings. The van der Waals surface area contributed by atoms with Crippen LogP contribution in [0.25, 0.3) is 11.2 Å². The number of aromatic nitrogens is 4. The standard InChI is InChI=1S/C6H4N4O2/c11-5-3-4(8-2-1-7-3)9-6(12)10-5/h1-2H,(H2,8,9,10,11,12)/p-1. The smallest absolute Gasteiger partial charge is 0.278 e. The van der Waals surface area contributed by atoms with E-state index in [-0.39, 0.29) is 11.2 Å². The van der Waals surface area contributed by atoms with Crippen LogP contribution < -0.4 is 10.7 Å². The molecule has 0 radical (unpaired) electrons. The maximum absolute atomic E-state index is 11.0. The maximum atomic E-state index is 11.0.